The van der Waals surface area contributed by atoms with Crippen LogP contribution in [0.25, 0.3) is 0 Å². The number of hydrogen-bond acceptors (Lipinski definition) is 4. The Balaban J connectivity index is 2.15. The molecule has 1 aromatic heterocycles. The molecule has 5 nitrogen and oxygen atoms in total. The van der Waals surface area contributed by atoms with E-state index in [1.807, 2.05) is 18.2 Å². The highest BCUT2D eigenvalue weighted by Crippen LogP contribution is 2.07. The zero-order valence-corrected chi connectivity index (χ0v) is 10.1. The largest absolute Gasteiger partial charge is 0.409 e. The van der Waals surface area contributed by atoms with E-state index in [1.165, 1.54) is 0 Å². The van der Waals surface area contributed by atoms with E-state index >= 15 is 0 Å². The standard InChI is InChI=1S/C12H20N4O/c1-10(11-6-2-4-9-15-11)14-8-5-3-7-12(13)16-17/h2,4,6,9-10,14,17H,3,5,7-8H2,1H3,(H2,13,16)/t10-/m0/s1. The first kappa shape index (κ1) is 13.4. The molecule has 1 aromatic rings. The zero-order chi connectivity index (χ0) is 12.5. The lowest BCUT2D eigenvalue weighted by atomic mass is 10.2. The summed E-state index contributed by atoms with van der Waals surface area (Å²) in [6.07, 6.45) is 4.34. The number of oxime groups is 1. The van der Waals surface area contributed by atoms with Gasteiger partial charge in [0.1, 0.15) is 5.84 Å². The third-order valence-electron chi connectivity index (χ3n) is 2.57. The van der Waals surface area contributed by atoms with E-state index in [0.717, 1.165) is 25.1 Å². The van der Waals surface area contributed by atoms with Gasteiger partial charge in [0.15, 0.2) is 0 Å². The van der Waals surface area contributed by atoms with Crippen molar-refractivity contribution < 1.29 is 5.21 Å². The maximum absolute atomic E-state index is 8.37. The molecule has 5 heteroatoms. The van der Waals surface area contributed by atoms with Gasteiger partial charge in [-0.05, 0) is 38.4 Å². The minimum absolute atomic E-state index is 0.250. The average molecular weight is 236 g/mol. The Morgan fingerprint density at radius 3 is 3.00 bits per heavy atom. The summed E-state index contributed by atoms with van der Waals surface area (Å²) in [5.41, 5.74) is 6.42. The number of nitrogens with two attached hydrogens (primary N) is 1. The molecule has 0 bridgehead atoms. The second-order valence-electron chi connectivity index (χ2n) is 3.98. The summed E-state index contributed by atoms with van der Waals surface area (Å²) in [6.45, 7) is 2.99. The fraction of sp³-hybridized carbons (Fsp3) is 0.500. The molecule has 0 aliphatic carbocycles. The normalized spacial score (nSPS) is 13.6. The first-order valence-electron chi connectivity index (χ1n) is 5.84. The SMILES string of the molecule is C[C@H](NCCCC/C(N)=N/O)c1ccccn1. The summed E-state index contributed by atoms with van der Waals surface area (Å²) >= 11 is 0. The predicted octanol–water partition coefficient (Wildman–Crippen LogP) is 1.65. The average Bonchev–Trinajstić information content (AvgIpc) is 2.38. The van der Waals surface area contributed by atoms with E-state index < -0.39 is 0 Å². The number of nitrogens with zero attached hydrogens (tertiary/aromatic N) is 2. The van der Waals surface area contributed by atoms with E-state index in [1.54, 1.807) is 6.20 Å². The summed E-state index contributed by atoms with van der Waals surface area (Å²) in [6, 6.07) is 6.15. The Bertz CT molecular complexity index is 340. The van der Waals surface area contributed by atoms with Crippen molar-refractivity contribution in [3.63, 3.8) is 0 Å². The Morgan fingerprint density at radius 2 is 2.35 bits per heavy atom. The molecule has 17 heavy (non-hydrogen) atoms. The Labute approximate surface area is 102 Å². The van der Waals surface area contributed by atoms with Crippen molar-refractivity contribution in [2.45, 2.75) is 32.2 Å². The number of hydrogen-bond donors (Lipinski definition) is 3. The quantitative estimate of drug-likeness (QED) is 0.221. The fourth-order valence-corrected chi connectivity index (χ4v) is 1.54. The van der Waals surface area contributed by atoms with E-state index in [2.05, 4.69) is 22.4 Å². The number of unbranched alkanes of at least 4 members (excludes halogenated alkanes) is 1. The molecular weight excluding hydrogens is 216 g/mol. The van der Waals surface area contributed by atoms with E-state index in [4.69, 9.17) is 10.9 Å². The lowest BCUT2D eigenvalue weighted by molar-refractivity contribution is 0.316. The van der Waals surface area contributed by atoms with Crippen molar-refractivity contribution in [1.29, 1.82) is 0 Å². The fourth-order valence-electron chi connectivity index (χ4n) is 1.54. The van der Waals surface area contributed by atoms with Crippen LogP contribution in [0.4, 0.5) is 0 Å². The van der Waals surface area contributed by atoms with Gasteiger partial charge in [0.25, 0.3) is 0 Å². The van der Waals surface area contributed by atoms with Crippen LogP contribution in [0.1, 0.15) is 37.9 Å². The Morgan fingerprint density at radius 1 is 1.53 bits per heavy atom. The summed E-state index contributed by atoms with van der Waals surface area (Å²) in [4.78, 5) is 4.28. The Kier molecular flexibility index (Phi) is 6.03. The van der Waals surface area contributed by atoms with E-state index in [0.29, 0.717) is 12.3 Å². The van der Waals surface area contributed by atoms with Crippen molar-refractivity contribution in [3.8, 4) is 0 Å². The van der Waals surface area contributed by atoms with Crippen LogP contribution >= 0.6 is 0 Å². The van der Waals surface area contributed by atoms with Gasteiger partial charge in [0.05, 0.1) is 5.69 Å². The molecule has 0 unspecified atom stereocenters. The molecule has 1 rings (SSSR count). The van der Waals surface area contributed by atoms with Gasteiger partial charge >= 0.3 is 0 Å². The first-order chi connectivity index (χ1) is 8.24. The van der Waals surface area contributed by atoms with E-state index in [-0.39, 0.29) is 6.04 Å². The topological polar surface area (TPSA) is 83.5 Å². The summed E-state index contributed by atoms with van der Waals surface area (Å²) in [7, 11) is 0. The molecule has 0 fully saturated rings. The maximum atomic E-state index is 8.37. The third-order valence-corrected chi connectivity index (χ3v) is 2.57. The van der Waals surface area contributed by atoms with Crippen LogP contribution in [-0.4, -0.2) is 22.6 Å². The molecule has 0 spiro atoms. The molecular formula is C12H20N4O. The highest BCUT2D eigenvalue weighted by Gasteiger charge is 2.04. The van der Waals surface area contributed by atoms with Crippen molar-refractivity contribution >= 4 is 5.84 Å². The molecule has 0 aromatic carbocycles. The van der Waals surface area contributed by atoms with Gasteiger partial charge < -0.3 is 16.3 Å². The van der Waals surface area contributed by atoms with Crippen LogP contribution < -0.4 is 11.1 Å². The predicted molar refractivity (Wildman–Crippen MR) is 67.9 cm³/mol. The zero-order valence-electron chi connectivity index (χ0n) is 10.1. The first-order valence-corrected chi connectivity index (χ1v) is 5.84. The van der Waals surface area contributed by atoms with Crippen LogP contribution in [0.5, 0.6) is 0 Å². The van der Waals surface area contributed by atoms with Crippen LogP contribution in [0.2, 0.25) is 0 Å². The summed E-state index contributed by atoms with van der Waals surface area (Å²) in [5.74, 6) is 0.294. The van der Waals surface area contributed by atoms with Gasteiger partial charge in [-0.3, -0.25) is 4.98 Å². The molecule has 0 radical (unpaired) electrons. The molecule has 0 aliphatic heterocycles. The number of amidine groups is 1. The van der Waals surface area contributed by atoms with Gasteiger partial charge in [-0.1, -0.05) is 11.2 Å². The van der Waals surface area contributed by atoms with Crippen LogP contribution in [-0.2, 0) is 0 Å². The Hall–Kier alpha value is -1.62. The number of pyridine rings is 1. The van der Waals surface area contributed by atoms with Gasteiger partial charge in [0.2, 0.25) is 0 Å². The number of aromatic nitrogens is 1. The summed E-state index contributed by atoms with van der Waals surface area (Å²) < 4.78 is 0. The van der Waals surface area contributed by atoms with Crippen LogP contribution in [0.3, 0.4) is 0 Å². The van der Waals surface area contributed by atoms with Crippen molar-refractivity contribution in [3.05, 3.63) is 30.1 Å². The monoisotopic (exact) mass is 236 g/mol. The van der Waals surface area contributed by atoms with Gasteiger partial charge in [-0.15, -0.1) is 0 Å². The van der Waals surface area contributed by atoms with Crippen LogP contribution in [0.15, 0.2) is 29.6 Å². The van der Waals surface area contributed by atoms with E-state index in [9.17, 15) is 0 Å². The molecule has 0 aliphatic rings. The third kappa shape index (κ3) is 5.31. The van der Waals surface area contributed by atoms with Crippen molar-refractivity contribution in [1.82, 2.24) is 10.3 Å². The second kappa shape index (κ2) is 7.62. The lowest BCUT2D eigenvalue weighted by Crippen LogP contribution is -2.21. The molecule has 1 heterocycles. The minimum atomic E-state index is 0.250. The highest BCUT2D eigenvalue weighted by atomic mass is 16.4. The van der Waals surface area contributed by atoms with Crippen molar-refractivity contribution in [2.75, 3.05) is 6.54 Å². The lowest BCUT2D eigenvalue weighted by Gasteiger charge is -2.12. The highest BCUT2D eigenvalue weighted by molar-refractivity contribution is 5.79. The smallest absolute Gasteiger partial charge is 0.139 e. The molecule has 94 valence electrons. The molecule has 4 N–H and O–H groups in total. The summed E-state index contributed by atoms with van der Waals surface area (Å²) in [5, 5.41) is 14.7. The van der Waals surface area contributed by atoms with Gasteiger partial charge in [-0.2, -0.15) is 0 Å². The van der Waals surface area contributed by atoms with Crippen molar-refractivity contribution in [2.24, 2.45) is 10.9 Å². The van der Waals surface area contributed by atoms with Crippen LogP contribution in [0, 0.1) is 0 Å². The number of rotatable bonds is 7. The minimum Gasteiger partial charge on any atom is -0.409 e. The number of nitrogens with one attached hydrogen (secondary N) is 1. The molecule has 1 atom stereocenters. The maximum Gasteiger partial charge on any atom is 0.139 e. The van der Waals surface area contributed by atoms with Gasteiger partial charge in [-0.25, -0.2) is 0 Å². The van der Waals surface area contributed by atoms with Gasteiger partial charge in [0, 0.05) is 18.7 Å². The molecule has 0 saturated carbocycles. The molecule has 0 saturated heterocycles. The second-order valence-corrected chi connectivity index (χ2v) is 3.98. The molecule has 0 amide bonds.